The number of methoxy groups -OCH3 is 1. The molecule has 1 aromatic heterocycles. The van der Waals surface area contributed by atoms with Gasteiger partial charge in [0.1, 0.15) is 24.1 Å². The third-order valence-electron chi connectivity index (χ3n) is 4.10. The number of nitrogens with one attached hydrogen (secondary N) is 1. The van der Waals surface area contributed by atoms with Crippen molar-refractivity contribution in [2.24, 2.45) is 0 Å². The van der Waals surface area contributed by atoms with E-state index in [4.69, 9.17) is 9.47 Å². The van der Waals surface area contributed by atoms with E-state index in [0.717, 1.165) is 4.57 Å². The van der Waals surface area contributed by atoms with Gasteiger partial charge in [-0.25, -0.2) is 4.79 Å². The number of rotatable bonds is 4. The first-order valence-electron chi connectivity index (χ1n) is 7.97. The number of anilines is 1. The molecule has 138 valence electrons. The molecule has 2 aromatic rings. The Balaban J connectivity index is 1.79. The molecule has 0 spiro atoms. The maximum absolute atomic E-state index is 12.3. The number of hydrogen-bond acceptors (Lipinski definition) is 7. The first-order valence-corrected chi connectivity index (χ1v) is 7.97. The van der Waals surface area contributed by atoms with Gasteiger partial charge in [0.05, 0.1) is 6.61 Å². The van der Waals surface area contributed by atoms with Crippen molar-refractivity contribution < 1.29 is 24.5 Å². The van der Waals surface area contributed by atoms with Crippen molar-refractivity contribution in [3.63, 3.8) is 0 Å². The van der Waals surface area contributed by atoms with Crippen molar-refractivity contribution in [2.75, 3.05) is 19.0 Å². The van der Waals surface area contributed by atoms with E-state index in [-0.39, 0.29) is 12.4 Å². The summed E-state index contributed by atoms with van der Waals surface area (Å²) < 4.78 is 11.7. The average molecular weight is 361 g/mol. The number of aliphatic hydroxyl groups excluding tert-OH is 2. The van der Waals surface area contributed by atoms with Gasteiger partial charge in [0.2, 0.25) is 0 Å². The van der Waals surface area contributed by atoms with Crippen molar-refractivity contribution in [3.05, 3.63) is 58.6 Å². The van der Waals surface area contributed by atoms with Crippen LogP contribution in [0.25, 0.3) is 0 Å². The van der Waals surface area contributed by atoms with Crippen LogP contribution in [0.15, 0.2) is 47.4 Å². The van der Waals surface area contributed by atoms with Crippen molar-refractivity contribution in [2.45, 2.75) is 24.5 Å². The molecule has 0 saturated carbocycles. The highest BCUT2D eigenvalue weighted by atomic mass is 16.6. The van der Waals surface area contributed by atoms with E-state index in [1.54, 1.807) is 30.3 Å². The minimum atomic E-state index is -1.21. The summed E-state index contributed by atoms with van der Waals surface area (Å²) in [4.78, 5) is 28.3. The number of benzene rings is 1. The van der Waals surface area contributed by atoms with Gasteiger partial charge in [0.25, 0.3) is 5.91 Å². The molecule has 4 atom stereocenters. The number of aliphatic hydroxyl groups is 2. The fraction of sp³-hybridized carbons (Fsp3) is 0.353. The Bertz CT molecular complexity index is 825. The van der Waals surface area contributed by atoms with Crippen molar-refractivity contribution in [1.29, 1.82) is 0 Å². The molecule has 1 aliphatic heterocycles. The number of hydrogen-bond donors (Lipinski definition) is 3. The Hall–Kier alpha value is -2.59. The predicted molar refractivity (Wildman–Crippen MR) is 90.7 cm³/mol. The van der Waals surface area contributed by atoms with Gasteiger partial charge < -0.3 is 25.0 Å². The van der Waals surface area contributed by atoms with Crippen LogP contribution in [-0.2, 0) is 9.47 Å². The van der Waals surface area contributed by atoms with Crippen LogP contribution in [0.2, 0.25) is 0 Å². The first kappa shape index (κ1) is 18.2. The van der Waals surface area contributed by atoms with E-state index in [1.807, 2.05) is 0 Å². The second kappa shape index (κ2) is 7.75. The molecule has 2 heterocycles. The summed E-state index contributed by atoms with van der Waals surface area (Å²) in [6.07, 6.45) is -2.82. The monoisotopic (exact) mass is 361 g/mol. The van der Waals surface area contributed by atoms with E-state index >= 15 is 0 Å². The Morgan fingerprint density at radius 1 is 1.31 bits per heavy atom. The Labute approximate surface area is 148 Å². The Morgan fingerprint density at radius 2 is 2.04 bits per heavy atom. The van der Waals surface area contributed by atoms with Crippen LogP contribution in [-0.4, -0.2) is 57.7 Å². The van der Waals surface area contributed by atoms with Crippen molar-refractivity contribution in [3.8, 4) is 0 Å². The molecule has 0 aliphatic carbocycles. The van der Waals surface area contributed by atoms with Crippen LogP contribution in [0.3, 0.4) is 0 Å². The fourth-order valence-corrected chi connectivity index (χ4v) is 2.73. The smallest absolute Gasteiger partial charge is 0.351 e. The number of nitrogens with zero attached hydrogens (tertiary/aromatic N) is 2. The molecule has 3 N–H and O–H groups in total. The van der Waals surface area contributed by atoms with Crippen LogP contribution < -0.4 is 11.0 Å². The zero-order chi connectivity index (χ0) is 18.7. The third-order valence-corrected chi connectivity index (χ3v) is 4.10. The predicted octanol–water partition coefficient (Wildman–Crippen LogP) is -0.239. The van der Waals surface area contributed by atoms with Gasteiger partial charge >= 0.3 is 5.69 Å². The lowest BCUT2D eigenvalue weighted by molar-refractivity contribution is -0.220. The van der Waals surface area contributed by atoms with E-state index in [0.29, 0.717) is 5.56 Å². The van der Waals surface area contributed by atoms with Gasteiger partial charge in [0, 0.05) is 18.9 Å². The zero-order valence-electron chi connectivity index (χ0n) is 14.0. The average Bonchev–Trinajstić information content (AvgIpc) is 2.65. The number of carbonyl (C=O) groups is 1. The largest absolute Gasteiger partial charge is 0.388 e. The highest BCUT2D eigenvalue weighted by Crippen LogP contribution is 2.25. The highest BCUT2D eigenvalue weighted by molar-refractivity contribution is 6.03. The third kappa shape index (κ3) is 3.65. The SMILES string of the molecule is CO[C@@H]1[C@@H](O)[C@@H](O)CO[C@H]1n1ccc(NC(=O)c2ccccc2)nc1=O. The van der Waals surface area contributed by atoms with Crippen molar-refractivity contribution >= 4 is 11.7 Å². The lowest BCUT2D eigenvalue weighted by Gasteiger charge is -2.37. The second-order valence-electron chi connectivity index (χ2n) is 5.80. The molecule has 26 heavy (non-hydrogen) atoms. The molecule has 0 bridgehead atoms. The molecule has 1 fully saturated rings. The molecular formula is C17H19N3O6. The van der Waals surface area contributed by atoms with E-state index < -0.39 is 36.1 Å². The lowest BCUT2D eigenvalue weighted by Crippen LogP contribution is -2.53. The van der Waals surface area contributed by atoms with Gasteiger partial charge in [-0.05, 0) is 18.2 Å². The topological polar surface area (TPSA) is 123 Å². The first-order chi connectivity index (χ1) is 12.5. The molecule has 0 unspecified atom stereocenters. The summed E-state index contributed by atoms with van der Waals surface area (Å²) in [5.41, 5.74) is -0.253. The van der Waals surface area contributed by atoms with E-state index in [2.05, 4.69) is 10.3 Å². The van der Waals surface area contributed by atoms with Crippen LogP contribution in [0.4, 0.5) is 5.82 Å². The number of carbonyl (C=O) groups excluding carboxylic acids is 1. The zero-order valence-corrected chi connectivity index (χ0v) is 14.0. The summed E-state index contributed by atoms with van der Waals surface area (Å²) in [6.45, 7) is -0.148. The van der Waals surface area contributed by atoms with Crippen molar-refractivity contribution in [1.82, 2.24) is 9.55 Å². The summed E-state index contributed by atoms with van der Waals surface area (Å²) >= 11 is 0. The molecule has 0 radical (unpaired) electrons. The standard InChI is InChI=1S/C17H19N3O6/c1-25-14-13(22)11(21)9-26-16(14)20-8-7-12(19-17(20)24)18-15(23)10-5-3-2-4-6-10/h2-8,11,13-14,16,21-22H,9H2,1H3,(H,18,19,23,24)/t11-,13-,14+,16+/m0/s1. The van der Waals surface area contributed by atoms with Crippen LogP contribution >= 0.6 is 0 Å². The van der Waals surface area contributed by atoms with Gasteiger partial charge in [-0.3, -0.25) is 9.36 Å². The summed E-state index contributed by atoms with van der Waals surface area (Å²) in [7, 11) is 1.34. The highest BCUT2D eigenvalue weighted by Gasteiger charge is 2.40. The summed E-state index contributed by atoms with van der Waals surface area (Å²) in [5.74, 6) is -0.303. The molecule has 1 aromatic carbocycles. The second-order valence-corrected chi connectivity index (χ2v) is 5.80. The quantitative estimate of drug-likeness (QED) is 0.687. The minimum Gasteiger partial charge on any atom is -0.388 e. The van der Waals surface area contributed by atoms with Crippen LogP contribution in [0, 0.1) is 0 Å². The van der Waals surface area contributed by atoms with Gasteiger partial charge in [-0.2, -0.15) is 4.98 Å². The van der Waals surface area contributed by atoms with Gasteiger partial charge in [0.15, 0.2) is 6.23 Å². The fourth-order valence-electron chi connectivity index (χ4n) is 2.73. The summed E-state index contributed by atoms with van der Waals surface area (Å²) in [6, 6.07) is 9.97. The maximum Gasteiger partial charge on any atom is 0.351 e. The molecule has 9 nitrogen and oxygen atoms in total. The maximum atomic E-state index is 12.3. The molecule has 1 aliphatic rings. The van der Waals surface area contributed by atoms with E-state index in [1.165, 1.54) is 19.4 Å². The van der Waals surface area contributed by atoms with E-state index in [9.17, 15) is 19.8 Å². The molecular weight excluding hydrogens is 342 g/mol. The van der Waals surface area contributed by atoms with Gasteiger partial charge in [-0.15, -0.1) is 0 Å². The number of amides is 1. The molecule has 3 rings (SSSR count). The van der Waals surface area contributed by atoms with Crippen LogP contribution in [0.5, 0.6) is 0 Å². The lowest BCUT2D eigenvalue weighted by atomic mass is 10.0. The molecule has 1 amide bonds. The number of ether oxygens (including phenoxy) is 2. The van der Waals surface area contributed by atoms with Gasteiger partial charge in [-0.1, -0.05) is 18.2 Å². The molecule has 9 heteroatoms. The minimum absolute atomic E-state index is 0.0884. The molecule has 1 saturated heterocycles. The normalized spacial score (nSPS) is 25.7. The Kier molecular flexibility index (Phi) is 5.43. The summed E-state index contributed by atoms with van der Waals surface area (Å²) in [5, 5.41) is 22.2. The van der Waals surface area contributed by atoms with Crippen LogP contribution in [0.1, 0.15) is 16.6 Å². The Morgan fingerprint density at radius 3 is 2.69 bits per heavy atom. The number of aromatic nitrogens is 2.